The summed E-state index contributed by atoms with van der Waals surface area (Å²) in [5.41, 5.74) is 5.21. The number of thioether (sulfide) groups is 1. The predicted octanol–water partition coefficient (Wildman–Crippen LogP) is 2.84. The molecule has 0 aliphatic carbocycles. The SMILES string of the molecule is CSc1nnc2c(n1)[nH]c1c(C)cc(C)cc12. The number of hydrogen-bond acceptors (Lipinski definition) is 4. The van der Waals surface area contributed by atoms with E-state index in [9.17, 15) is 0 Å². The molecule has 0 radical (unpaired) electrons. The molecule has 3 aromatic rings. The molecule has 0 aliphatic heterocycles. The van der Waals surface area contributed by atoms with E-state index in [0.717, 1.165) is 22.1 Å². The molecule has 3 rings (SSSR count). The zero-order chi connectivity index (χ0) is 12.0. The molecule has 4 nitrogen and oxygen atoms in total. The zero-order valence-corrected chi connectivity index (χ0v) is 10.7. The third-order valence-electron chi connectivity index (χ3n) is 2.83. The van der Waals surface area contributed by atoms with Gasteiger partial charge in [0.25, 0.3) is 0 Å². The minimum absolute atomic E-state index is 0.693. The van der Waals surface area contributed by atoms with E-state index in [4.69, 9.17) is 0 Å². The fourth-order valence-corrected chi connectivity index (χ4v) is 2.41. The second kappa shape index (κ2) is 3.70. The van der Waals surface area contributed by atoms with Crippen molar-refractivity contribution >= 4 is 33.8 Å². The van der Waals surface area contributed by atoms with Crippen LogP contribution >= 0.6 is 11.8 Å². The summed E-state index contributed by atoms with van der Waals surface area (Å²) in [4.78, 5) is 7.76. The van der Waals surface area contributed by atoms with Crippen LogP contribution < -0.4 is 0 Å². The van der Waals surface area contributed by atoms with Crippen LogP contribution in [-0.4, -0.2) is 26.4 Å². The molecule has 2 aromatic heterocycles. The van der Waals surface area contributed by atoms with Crippen LogP contribution in [0.2, 0.25) is 0 Å². The Kier molecular flexibility index (Phi) is 2.29. The lowest BCUT2D eigenvalue weighted by atomic mass is 10.1. The second-order valence-corrected chi connectivity index (χ2v) is 4.90. The molecule has 86 valence electrons. The minimum Gasteiger partial charge on any atom is -0.337 e. The normalized spacial score (nSPS) is 11.5. The van der Waals surface area contributed by atoms with Gasteiger partial charge >= 0.3 is 0 Å². The quantitative estimate of drug-likeness (QED) is 0.669. The van der Waals surface area contributed by atoms with Crippen molar-refractivity contribution in [2.75, 3.05) is 6.26 Å². The Morgan fingerprint density at radius 2 is 2.00 bits per heavy atom. The lowest BCUT2D eigenvalue weighted by Crippen LogP contribution is -1.89. The van der Waals surface area contributed by atoms with Crippen molar-refractivity contribution in [2.45, 2.75) is 19.0 Å². The standard InChI is InChI=1S/C12H12N4S/c1-6-4-7(2)9-8(5-6)10-11(13-9)14-12(17-3)16-15-10/h4-5H,1-3H3,(H,13,14,16). The van der Waals surface area contributed by atoms with Crippen LogP contribution in [0.25, 0.3) is 22.1 Å². The Morgan fingerprint density at radius 1 is 1.18 bits per heavy atom. The van der Waals surface area contributed by atoms with E-state index in [1.165, 1.54) is 22.9 Å². The average Bonchev–Trinajstić information content (AvgIpc) is 2.67. The molecule has 1 N–H and O–H groups in total. The maximum Gasteiger partial charge on any atom is 0.210 e. The van der Waals surface area contributed by atoms with Gasteiger partial charge in [-0.2, -0.15) is 0 Å². The number of nitrogens with one attached hydrogen (secondary N) is 1. The second-order valence-electron chi connectivity index (χ2n) is 4.13. The van der Waals surface area contributed by atoms with E-state index in [-0.39, 0.29) is 0 Å². The van der Waals surface area contributed by atoms with Crippen molar-refractivity contribution < 1.29 is 0 Å². The highest BCUT2D eigenvalue weighted by molar-refractivity contribution is 7.98. The van der Waals surface area contributed by atoms with Gasteiger partial charge in [0, 0.05) is 5.39 Å². The molecular formula is C12H12N4S. The van der Waals surface area contributed by atoms with E-state index in [1.807, 2.05) is 6.26 Å². The van der Waals surface area contributed by atoms with Crippen LogP contribution in [0.5, 0.6) is 0 Å². The molecule has 5 heteroatoms. The van der Waals surface area contributed by atoms with Gasteiger partial charge in [0.2, 0.25) is 5.16 Å². The Balaban J connectivity index is 2.45. The molecular weight excluding hydrogens is 232 g/mol. The highest BCUT2D eigenvalue weighted by Gasteiger charge is 2.10. The molecule has 0 saturated heterocycles. The third-order valence-corrected chi connectivity index (χ3v) is 3.37. The summed E-state index contributed by atoms with van der Waals surface area (Å²) in [6, 6.07) is 4.27. The van der Waals surface area contributed by atoms with Gasteiger partial charge in [0.05, 0.1) is 5.52 Å². The maximum absolute atomic E-state index is 4.44. The van der Waals surface area contributed by atoms with E-state index in [2.05, 4.69) is 46.1 Å². The zero-order valence-electron chi connectivity index (χ0n) is 9.90. The van der Waals surface area contributed by atoms with Gasteiger partial charge in [-0.3, -0.25) is 0 Å². The summed E-state index contributed by atoms with van der Waals surface area (Å²) < 4.78 is 0. The lowest BCUT2D eigenvalue weighted by Gasteiger charge is -1.97. The molecule has 17 heavy (non-hydrogen) atoms. The van der Waals surface area contributed by atoms with Gasteiger partial charge in [0.1, 0.15) is 5.52 Å². The van der Waals surface area contributed by atoms with Crippen molar-refractivity contribution in [1.29, 1.82) is 0 Å². The summed E-state index contributed by atoms with van der Waals surface area (Å²) in [7, 11) is 0. The van der Waals surface area contributed by atoms with E-state index in [0.29, 0.717) is 5.16 Å². The Hall–Kier alpha value is -1.62. The van der Waals surface area contributed by atoms with Gasteiger partial charge in [-0.1, -0.05) is 23.4 Å². The first-order chi connectivity index (χ1) is 8.19. The number of hydrogen-bond donors (Lipinski definition) is 1. The van der Waals surface area contributed by atoms with Crippen LogP contribution in [0, 0.1) is 13.8 Å². The molecule has 0 spiro atoms. The molecule has 0 fully saturated rings. The van der Waals surface area contributed by atoms with E-state index >= 15 is 0 Å². The first kappa shape index (κ1) is 10.5. The number of H-pyrrole nitrogens is 1. The largest absolute Gasteiger partial charge is 0.337 e. The van der Waals surface area contributed by atoms with Crippen LogP contribution in [0.3, 0.4) is 0 Å². The Morgan fingerprint density at radius 3 is 2.76 bits per heavy atom. The van der Waals surface area contributed by atoms with Crippen molar-refractivity contribution in [3.05, 3.63) is 23.3 Å². The van der Waals surface area contributed by atoms with Gasteiger partial charge in [-0.25, -0.2) is 4.98 Å². The maximum atomic E-state index is 4.44. The fourth-order valence-electron chi connectivity index (χ4n) is 2.10. The number of aryl methyl sites for hydroxylation is 2. The molecule has 0 unspecified atom stereocenters. The molecule has 0 bridgehead atoms. The van der Waals surface area contributed by atoms with E-state index in [1.54, 1.807) is 0 Å². The third kappa shape index (κ3) is 1.58. The van der Waals surface area contributed by atoms with Crippen LogP contribution in [0.15, 0.2) is 17.3 Å². The fraction of sp³-hybridized carbons (Fsp3) is 0.250. The summed E-state index contributed by atoms with van der Waals surface area (Å²) in [6.07, 6.45) is 1.95. The Bertz CT molecular complexity index is 717. The predicted molar refractivity (Wildman–Crippen MR) is 70.4 cm³/mol. The molecule has 0 atom stereocenters. The average molecular weight is 244 g/mol. The summed E-state index contributed by atoms with van der Waals surface area (Å²) >= 11 is 1.50. The highest BCUT2D eigenvalue weighted by atomic mass is 32.2. The van der Waals surface area contributed by atoms with Crippen LogP contribution in [0.4, 0.5) is 0 Å². The first-order valence-corrected chi connectivity index (χ1v) is 6.59. The molecule has 0 amide bonds. The smallest absolute Gasteiger partial charge is 0.210 e. The Labute approximate surface area is 103 Å². The van der Waals surface area contributed by atoms with Gasteiger partial charge in [-0.05, 0) is 31.7 Å². The molecule has 0 aliphatic rings. The van der Waals surface area contributed by atoms with Crippen LogP contribution in [0.1, 0.15) is 11.1 Å². The summed E-state index contributed by atoms with van der Waals surface area (Å²) in [5, 5.41) is 10.1. The van der Waals surface area contributed by atoms with Gasteiger partial charge < -0.3 is 4.98 Å². The monoisotopic (exact) mass is 244 g/mol. The van der Waals surface area contributed by atoms with E-state index < -0.39 is 0 Å². The lowest BCUT2D eigenvalue weighted by molar-refractivity contribution is 0.880. The van der Waals surface area contributed by atoms with Crippen molar-refractivity contribution in [3.63, 3.8) is 0 Å². The van der Waals surface area contributed by atoms with Crippen molar-refractivity contribution in [2.24, 2.45) is 0 Å². The van der Waals surface area contributed by atoms with Crippen LogP contribution in [-0.2, 0) is 0 Å². The molecule has 2 heterocycles. The van der Waals surface area contributed by atoms with Gasteiger partial charge in [0.15, 0.2) is 5.65 Å². The topological polar surface area (TPSA) is 54.5 Å². The number of rotatable bonds is 1. The molecule has 0 saturated carbocycles. The minimum atomic E-state index is 0.693. The number of nitrogens with zero attached hydrogens (tertiary/aromatic N) is 3. The molecule has 1 aromatic carbocycles. The highest BCUT2D eigenvalue weighted by Crippen LogP contribution is 2.26. The number of fused-ring (bicyclic) bond motifs is 3. The summed E-state index contributed by atoms with van der Waals surface area (Å²) in [5.74, 6) is 0. The van der Waals surface area contributed by atoms with Crippen molar-refractivity contribution in [1.82, 2.24) is 20.2 Å². The number of aromatic amines is 1. The first-order valence-electron chi connectivity index (χ1n) is 5.36. The van der Waals surface area contributed by atoms with Gasteiger partial charge in [-0.15, -0.1) is 10.2 Å². The number of aromatic nitrogens is 4. The number of benzene rings is 1. The summed E-state index contributed by atoms with van der Waals surface area (Å²) in [6.45, 7) is 4.18. The van der Waals surface area contributed by atoms with Crippen molar-refractivity contribution in [3.8, 4) is 0 Å².